The van der Waals surface area contributed by atoms with Gasteiger partial charge >= 0.3 is 0 Å². The van der Waals surface area contributed by atoms with Gasteiger partial charge in [-0.15, -0.1) is 0 Å². The average molecular weight is 427 g/mol. The van der Waals surface area contributed by atoms with E-state index in [1.165, 1.54) is 10.6 Å². The maximum absolute atomic E-state index is 9.74. The summed E-state index contributed by atoms with van der Waals surface area (Å²) in [7, 11) is 2.11. The Kier molecular flexibility index (Phi) is 4.33. The molecule has 0 fully saturated rings. The highest BCUT2D eigenvalue weighted by Crippen LogP contribution is 2.43. The van der Waals surface area contributed by atoms with Crippen LogP contribution >= 0.6 is 43.6 Å². The zero-order valence-corrected chi connectivity index (χ0v) is 15.2. The van der Waals surface area contributed by atoms with Gasteiger partial charge in [0.25, 0.3) is 0 Å². The third kappa shape index (κ3) is 3.00. The number of thioether (sulfide) groups is 1. The smallest absolute Gasteiger partial charge is 0.143 e. The van der Waals surface area contributed by atoms with Crippen LogP contribution in [-0.2, 0) is 0 Å². The zero-order valence-electron chi connectivity index (χ0n) is 11.3. The van der Waals surface area contributed by atoms with E-state index in [0.29, 0.717) is 8.95 Å². The molecule has 0 amide bonds. The third-order valence-electron chi connectivity index (χ3n) is 3.37. The van der Waals surface area contributed by atoms with Crippen molar-refractivity contribution in [2.75, 3.05) is 11.9 Å². The largest absolute Gasteiger partial charge is 0.506 e. The predicted molar refractivity (Wildman–Crippen MR) is 97.0 cm³/mol. The number of hydrogen-bond acceptors (Lipinski definition) is 3. The highest BCUT2D eigenvalue weighted by Gasteiger charge is 2.24. The van der Waals surface area contributed by atoms with Gasteiger partial charge in [-0.05, 0) is 61.7 Å². The molecule has 2 aromatic carbocycles. The lowest BCUT2D eigenvalue weighted by Gasteiger charge is -2.18. The topological polar surface area (TPSA) is 23.5 Å². The van der Waals surface area contributed by atoms with Gasteiger partial charge in [0.2, 0.25) is 0 Å². The Bertz CT molecular complexity index is 694. The standard InChI is InChI=1S/C16H13Br2NOS/c1-19-13-4-2-3-5-14(13)21-15(19)7-6-10-8-11(17)16(20)12(18)9-10/h2-9,15,20H,1H3/b7-6+. The first kappa shape index (κ1) is 15.0. The molecule has 2 nitrogen and oxygen atoms in total. The zero-order chi connectivity index (χ0) is 15.0. The Morgan fingerprint density at radius 2 is 1.86 bits per heavy atom. The van der Waals surface area contributed by atoms with E-state index in [4.69, 9.17) is 0 Å². The predicted octanol–water partition coefficient (Wildman–Crippen LogP) is 5.50. The molecule has 0 aliphatic carbocycles. The molecule has 108 valence electrons. The molecule has 5 heteroatoms. The van der Waals surface area contributed by atoms with Gasteiger partial charge in [-0.25, -0.2) is 0 Å². The Morgan fingerprint density at radius 1 is 1.19 bits per heavy atom. The van der Waals surface area contributed by atoms with Crippen molar-refractivity contribution in [1.82, 2.24) is 0 Å². The first-order chi connectivity index (χ1) is 10.1. The summed E-state index contributed by atoms with van der Waals surface area (Å²) in [4.78, 5) is 3.57. The second-order valence-electron chi connectivity index (χ2n) is 4.78. The molecule has 2 aromatic rings. The van der Waals surface area contributed by atoms with Crippen molar-refractivity contribution in [2.24, 2.45) is 0 Å². The quantitative estimate of drug-likeness (QED) is 0.685. The Morgan fingerprint density at radius 3 is 2.52 bits per heavy atom. The number of fused-ring (bicyclic) bond motifs is 1. The number of phenolic OH excluding ortho intramolecular Hbond substituents is 1. The van der Waals surface area contributed by atoms with Crippen LogP contribution in [0, 0.1) is 0 Å². The van der Waals surface area contributed by atoms with Crippen LogP contribution in [-0.4, -0.2) is 17.5 Å². The van der Waals surface area contributed by atoms with Crippen molar-refractivity contribution in [3.8, 4) is 5.75 Å². The molecule has 0 saturated carbocycles. The van der Waals surface area contributed by atoms with E-state index in [2.05, 4.69) is 80.2 Å². The minimum atomic E-state index is 0.229. The SMILES string of the molecule is CN1c2ccccc2SC1/C=C/c1cc(Br)c(O)c(Br)c1. The van der Waals surface area contributed by atoms with E-state index in [9.17, 15) is 5.11 Å². The summed E-state index contributed by atoms with van der Waals surface area (Å²) in [5.74, 6) is 0.229. The molecule has 0 spiro atoms. The molecule has 1 unspecified atom stereocenters. The van der Waals surface area contributed by atoms with Crippen LogP contribution in [0.5, 0.6) is 5.75 Å². The highest BCUT2D eigenvalue weighted by molar-refractivity contribution is 9.11. The monoisotopic (exact) mass is 425 g/mol. The normalized spacial score (nSPS) is 17.5. The molecule has 1 atom stereocenters. The molecule has 0 radical (unpaired) electrons. The lowest BCUT2D eigenvalue weighted by molar-refractivity contribution is 0.468. The van der Waals surface area contributed by atoms with Crippen molar-refractivity contribution >= 4 is 55.4 Å². The molecular formula is C16H13Br2NOS. The van der Waals surface area contributed by atoms with Gasteiger partial charge in [0.05, 0.1) is 20.0 Å². The molecule has 1 aliphatic rings. The Hall–Kier alpha value is -0.910. The number of hydrogen-bond donors (Lipinski definition) is 1. The van der Waals surface area contributed by atoms with Gasteiger partial charge in [-0.3, -0.25) is 0 Å². The van der Waals surface area contributed by atoms with Crippen molar-refractivity contribution < 1.29 is 5.11 Å². The maximum Gasteiger partial charge on any atom is 0.143 e. The van der Waals surface area contributed by atoms with Crippen LogP contribution in [0.1, 0.15) is 5.56 Å². The minimum absolute atomic E-state index is 0.229. The lowest BCUT2D eigenvalue weighted by atomic mass is 10.2. The van der Waals surface area contributed by atoms with Gasteiger partial charge in [-0.1, -0.05) is 36.0 Å². The molecule has 0 aromatic heterocycles. The van der Waals surface area contributed by atoms with Crippen LogP contribution in [0.3, 0.4) is 0 Å². The van der Waals surface area contributed by atoms with Gasteiger partial charge in [0.1, 0.15) is 5.75 Å². The van der Waals surface area contributed by atoms with Crippen LogP contribution in [0.2, 0.25) is 0 Å². The number of rotatable bonds is 2. The highest BCUT2D eigenvalue weighted by atomic mass is 79.9. The van der Waals surface area contributed by atoms with Gasteiger partial charge in [-0.2, -0.15) is 0 Å². The fraction of sp³-hybridized carbons (Fsp3) is 0.125. The number of benzene rings is 2. The summed E-state index contributed by atoms with van der Waals surface area (Å²) in [6.07, 6.45) is 4.25. The number of halogens is 2. The van der Waals surface area contributed by atoms with Crippen molar-refractivity contribution in [1.29, 1.82) is 0 Å². The molecule has 1 heterocycles. The van der Waals surface area contributed by atoms with Crippen molar-refractivity contribution in [3.05, 3.63) is 57.0 Å². The molecule has 3 rings (SSSR count). The van der Waals surface area contributed by atoms with E-state index < -0.39 is 0 Å². The van der Waals surface area contributed by atoms with Crippen molar-refractivity contribution in [3.63, 3.8) is 0 Å². The second-order valence-corrected chi connectivity index (χ2v) is 7.65. The summed E-state index contributed by atoms with van der Waals surface area (Å²) in [5, 5.41) is 10.0. The number of para-hydroxylation sites is 1. The first-order valence-corrected chi connectivity index (χ1v) is 8.87. The summed E-state index contributed by atoms with van der Waals surface area (Å²) >= 11 is 8.55. The molecular weight excluding hydrogens is 414 g/mol. The minimum Gasteiger partial charge on any atom is -0.506 e. The summed E-state index contributed by atoms with van der Waals surface area (Å²) < 4.78 is 1.37. The van der Waals surface area contributed by atoms with Gasteiger partial charge in [0, 0.05) is 11.9 Å². The van der Waals surface area contributed by atoms with Crippen LogP contribution in [0.4, 0.5) is 5.69 Å². The van der Waals surface area contributed by atoms with Gasteiger partial charge in [0.15, 0.2) is 0 Å². The van der Waals surface area contributed by atoms with Crippen LogP contribution in [0.15, 0.2) is 56.3 Å². The number of nitrogens with zero attached hydrogens (tertiary/aromatic N) is 1. The van der Waals surface area contributed by atoms with Crippen LogP contribution in [0.25, 0.3) is 6.08 Å². The Labute approximate surface area is 145 Å². The molecule has 1 aliphatic heterocycles. The number of aromatic hydroxyl groups is 1. The van der Waals surface area contributed by atoms with Crippen LogP contribution < -0.4 is 4.90 Å². The molecule has 21 heavy (non-hydrogen) atoms. The van der Waals surface area contributed by atoms with Gasteiger partial charge < -0.3 is 10.0 Å². The van der Waals surface area contributed by atoms with E-state index in [1.54, 1.807) is 0 Å². The second kappa shape index (κ2) is 6.07. The number of anilines is 1. The van der Waals surface area contributed by atoms with E-state index in [1.807, 2.05) is 23.9 Å². The first-order valence-electron chi connectivity index (χ1n) is 6.41. The molecule has 0 bridgehead atoms. The third-order valence-corrected chi connectivity index (χ3v) is 5.89. The number of likely N-dealkylation sites (N-methyl/N-ethyl adjacent to an activating group) is 1. The van der Waals surface area contributed by atoms with E-state index in [0.717, 1.165) is 5.56 Å². The van der Waals surface area contributed by atoms with Crippen molar-refractivity contribution in [2.45, 2.75) is 10.3 Å². The number of phenols is 1. The summed E-state index contributed by atoms with van der Waals surface area (Å²) in [6.45, 7) is 0. The van der Waals surface area contributed by atoms with E-state index >= 15 is 0 Å². The van der Waals surface area contributed by atoms with E-state index in [-0.39, 0.29) is 11.1 Å². The average Bonchev–Trinajstić information content (AvgIpc) is 2.79. The summed E-state index contributed by atoms with van der Waals surface area (Å²) in [5.41, 5.74) is 2.31. The Balaban J connectivity index is 1.82. The lowest BCUT2D eigenvalue weighted by Crippen LogP contribution is -2.21. The molecule has 0 saturated heterocycles. The fourth-order valence-corrected chi connectivity index (χ4v) is 4.64. The fourth-order valence-electron chi connectivity index (χ4n) is 2.24. The summed E-state index contributed by atoms with van der Waals surface area (Å²) in [6, 6.07) is 12.2. The molecule has 1 N–H and O–H groups in total. The maximum atomic E-state index is 9.74.